The third-order valence-electron chi connectivity index (χ3n) is 2.12. The van der Waals surface area contributed by atoms with Crippen LogP contribution in [0.15, 0.2) is 29.3 Å². The highest BCUT2D eigenvalue weighted by molar-refractivity contribution is 6.31. The number of hydrogen-bond donors (Lipinski definition) is 1. The Labute approximate surface area is 102 Å². The third-order valence-corrected chi connectivity index (χ3v) is 2.48. The monoisotopic (exact) mass is 239 g/mol. The van der Waals surface area contributed by atoms with Gasteiger partial charge >= 0.3 is 0 Å². The lowest BCUT2D eigenvalue weighted by Crippen LogP contribution is -2.36. The lowest BCUT2D eigenvalue weighted by molar-refractivity contribution is 0.583. The molecule has 0 spiro atoms. The van der Waals surface area contributed by atoms with Crippen LogP contribution in [0, 0.1) is 0 Å². The van der Waals surface area contributed by atoms with E-state index in [1.54, 1.807) is 0 Å². The maximum atomic E-state index is 6.06. The van der Waals surface area contributed by atoms with E-state index in [4.69, 9.17) is 11.6 Å². The first-order valence-corrected chi connectivity index (χ1v) is 5.72. The number of halogens is 1. The van der Waals surface area contributed by atoms with Gasteiger partial charge in [-0.25, -0.2) is 4.99 Å². The minimum absolute atomic E-state index is 0.597. The lowest BCUT2D eigenvalue weighted by Gasteiger charge is -2.16. The molecule has 88 valence electrons. The van der Waals surface area contributed by atoms with Gasteiger partial charge in [0.2, 0.25) is 0 Å². The molecule has 0 atom stereocenters. The van der Waals surface area contributed by atoms with Crippen LogP contribution in [0.2, 0.25) is 5.02 Å². The van der Waals surface area contributed by atoms with Crippen LogP contribution in [0.5, 0.6) is 0 Å². The van der Waals surface area contributed by atoms with E-state index in [1.165, 1.54) is 0 Å². The van der Waals surface area contributed by atoms with E-state index in [0.29, 0.717) is 6.54 Å². The number of rotatable bonds is 3. The van der Waals surface area contributed by atoms with Crippen molar-refractivity contribution < 1.29 is 0 Å². The van der Waals surface area contributed by atoms with E-state index in [2.05, 4.69) is 17.2 Å². The Bertz CT molecular complexity index is 361. The Morgan fingerprint density at radius 2 is 2.06 bits per heavy atom. The van der Waals surface area contributed by atoms with E-state index < -0.39 is 0 Å². The molecule has 0 aliphatic heterocycles. The number of benzene rings is 1. The van der Waals surface area contributed by atoms with E-state index in [0.717, 1.165) is 23.1 Å². The fraction of sp³-hybridized carbons (Fsp3) is 0.417. The maximum absolute atomic E-state index is 6.06. The van der Waals surface area contributed by atoms with Crippen LogP contribution in [-0.2, 0) is 6.54 Å². The molecular weight excluding hydrogens is 222 g/mol. The molecule has 0 heterocycles. The Morgan fingerprint density at radius 3 is 2.62 bits per heavy atom. The van der Waals surface area contributed by atoms with Gasteiger partial charge in [-0.2, -0.15) is 0 Å². The van der Waals surface area contributed by atoms with Gasteiger partial charge < -0.3 is 10.2 Å². The predicted molar refractivity (Wildman–Crippen MR) is 70.0 cm³/mol. The van der Waals surface area contributed by atoms with Crippen molar-refractivity contribution in [3.63, 3.8) is 0 Å². The second kappa shape index (κ2) is 6.38. The van der Waals surface area contributed by atoms with Gasteiger partial charge in [-0.05, 0) is 18.6 Å². The largest absolute Gasteiger partial charge is 0.357 e. The molecule has 1 rings (SSSR count). The third kappa shape index (κ3) is 3.74. The van der Waals surface area contributed by atoms with Gasteiger partial charge in [-0.3, -0.25) is 0 Å². The highest BCUT2D eigenvalue weighted by atomic mass is 35.5. The summed E-state index contributed by atoms with van der Waals surface area (Å²) in [5.74, 6) is 0.877. The SMILES string of the molecule is CCNC(=NCc1ccccc1Cl)N(C)C. The lowest BCUT2D eigenvalue weighted by atomic mass is 10.2. The Balaban J connectivity index is 2.73. The summed E-state index contributed by atoms with van der Waals surface area (Å²) in [6.07, 6.45) is 0. The second-order valence-electron chi connectivity index (χ2n) is 3.66. The number of hydrogen-bond acceptors (Lipinski definition) is 1. The summed E-state index contributed by atoms with van der Waals surface area (Å²) in [5, 5.41) is 3.97. The average molecular weight is 240 g/mol. The van der Waals surface area contributed by atoms with Crippen molar-refractivity contribution in [3.8, 4) is 0 Å². The fourth-order valence-electron chi connectivity index (χ4n) is 1.30. The number of guanidine groups is 1. The van der Waals surface area contributed by atoms with Crippen LogP contribution >= 0.6 is 11.6 Å². The quantitative estimate of drug-likeness (QED) is 0.648. The van der Waals surface area contributed by atoms with Gasteiger partial charge in [0.25, 0.3) is 0 Å². The molecule has 16 heavy (non-hydrogen) atoms. The van der Waals surface area contributed by atoms with Crippen molar-refractivity contribution in [2.24, 2.45) is 4.99 Å². The molecule has 1 N–H and O–H groups in total. The average Bonchev–Trinajstić information content (AvgIpc) is 2.26. The number of aliphatic imine (C=N–C) groups is 1. The molecule has 0 amide bonds. The molecule has 0 fully saturated rings. The molecule has 0 radical (unpaired) electrons. The van der Waals surface area contributed by atoms with Crippen molar-refractivity contribution in [1.82, 2.24) is 10.2 Å². The van der Waals surface area contributed by atoms with Crippen molar-refractivity contribution >= 4 is 17.6 Å². The number of nitrogens with zero attached hydrogens (tertiary/aromatic N) is 2. The van der Waals surface area contributed by atoms with E-state index >= 15 is 0 Å². The molecule has 1 aromatic carbocycles. The molecule has 0 aliphatic carbocycles. The summed E-state index contributed by atoms with van der Waals surface area (Å²) in [4.78, 5) is 6.45. The Kier molecular flexibility index (Phi) is 5.12. The summed E-state index contributed by atoms with van der Waals surface area (Å²) < 4.78 is 0. The minimum atomic E-state index is 0.597. The van der Waals surface area contributed by atoms with Crippen molar-refractivity contribution in [2.45, 2.75) is 13.5 Å². The highest BCUT2D eigenvalue weighted by Crippen LogP contribution is 2.15. The Hall–Kier alpha value is -1.22. The normalized spacial score (nSPS) is 11.4. The zero-order valence-corrected chi connectivity index (χ0v) is 10.8. The van der Waals surface area contributed by atoms with Crippen LogP contribution in [-0.4, -0.2) is 31.5 Å². The molecular formula is C12H18ClN3. The summed E-state index contributed by atoms with van der Waals surface area (Å²) in [6.45, 7) is 3.51. The first kappa shape index (κ1) is 12.8. The topological polar surface area (TPSA) is 27.6 Å². The van der Waals surface area contributed by atoms with Crippen molar-refractivity contribution in [3.05, 3.63) is 34.9 Å². The molecule has 3 nitrogen and oxygen atoms in total. The van der Waals surface area contributed by atoms with E-state index in [-0.39, 0.29) is 0 Å². The molecule has 0 saturated heterocycles. The minimum Gasteiger partial charge on any atom is -0.357 e. The molecule has 0 bridgehead atoms. The fourth-order valence-corrected chi connectivity index (χ4v) is 1.50. The standard InChI is InChI=1S/C12H18ClN3/c1-4-14-12(16(2)3)15-9-10-7-5-6-8-11(10)13/h5-8H,4,9H2,1-3H3,(H,14,15). The summed E-state index contributed by atoms with van der Waals surface area (Å²) >= 11 is 6.06. The molecule has 1 aromatic rings. The smallest absolute Gasteiger partial charge is 0.193 e. The summed E-state index contributed by atoms with van der Waals surface area (Å²) in [6, 6.07) is 7.77. The van der Waals surface area contributed by atoms with Crippen LogP contribution in [0.3, 0.4) is 0 Å². The molecule has 0 aliphatic rings. The van der Waals surface area contributed by atoms with Gasteiger partial charge in [0.05, 0.1) is 6.54 Å². The van der Waals surface area contributed by atoms with Crippen LogP contribution in [0.4, 0.5) is 0 Å². The molecule has 0 aromatic heterocycles. The van der Waals surface area contributed by atoms with E-state index in [1.807, 2.05) is 43.3 Å². The van der Waals surface area contributed by atoms with Crippen LogP contribution in [0.25, 0.3) is 0 Å². The first-order chi connectivity index (χ1) is 7.65. The zero-order valence-electron chi connectivity index (χ0n) is 10.00. The summed E-state index contributed by atoms with van der Waals surface area (Å²) in [5.41, 5.74) is 1.04. The summed E-state index contributed by atoms with van der Waals surface area (Å²) in [7, 11) is 3.93. The molecule has 0 saturated carbocycles. The van der Waals surface area contributed by atoms with Crippen LogP contribution in [0.1, 0.15) is 12.5 Å². The van der Waals surface area contributed by atoms with Gasteiger partial charge in [0.15, 0.2) is 5.96 Å². The Morgan fingerprint density at radius 1 is 1.38 bits per heavy atom. The molecule has 0 unspecified atom stereocenters. The van der Waals surface area contributed by atoms with Gasteiger partial charge in [-0.15, -0.1) is 0 Å². The van der Waals surface area contributed by atoms with Crippen LogP contribution < -0.4 is 5.32 Å². The van der Waals surface area contributed by atoms with Gasteiger partial charge in [0.1, 0.15) is 0 Å². The zero-order chi connectivity index (χ0) is 12.0. The number of nitrogens with one attached hydrogen (secondary N) is 1. The first-order valence-electron chi connectivity index (χ1n) is 5.34. The van der Waals surface area contributed by atoms with Crippen molar-refractivity contribution in [1.29, 1.82) is 0 Å². The molecule has 4 heteroatoms. The maximum Gasteiger partial charge on any atom is 0.193 e. The van der Waals surface area contributed by atoms with Gasteiger partial charge in [-0.1, -0.05) is 29.8 Å². The predicted octanol–water partition coefficient (Wildman–Crippen LogP) is 2.37. The van der Waals surface area contributed by atoms with Gasteiger partial charge in [0, 0.05) is 25.7 Å². The second-order valence-corrected chi connectivity index (χ2v) is 4.06. The van der Waals surface area contributed by atoms with Crippen molar-refractivity contribution in [2.75, 3.05) is 20.6 Å². The highest BCUT2D eigenvalue weighted by Gasteiger charge is 2.01. The van der Waals surface area contributed by atoms with E-state index in [9.17, 15) is 0 Å².